The largest absolute Gasteiger partial charge is 0.453 e. The van der Waals surface area contributed by atoms with E-state index >= 15 is 0 Å². The molecule has 6 rings (SSSR count). The Morgan fingerprint density at radius 1 is 0.842 bits per heavy atom. The molecule has 2 aliphatic heterocycles. The van der Waals surface area contributed by atoms with Crippen molar-refractivity contribution in [1.82, 2.24) is 40.4 Å². The highest BCUT2D eigenvalue weighted by atomic mass is 16.5. The Balaban J connectivity index is 1.15. The third kappa shape index (κ3) is 8.91. The van der Waals surface area contributed by atoms with Gasteiger partial charge in [-0.3, -0.25) is 9.59 Å². The van der Waals surface area contributed by atoms with Crippen molar-refractivity contribution >= 4 is 34.8 Å². The SMILES string of the molecule is CCC(C)C(NC(=O)OC)C(=O)N1CCCC1c1nc(C#Cc2ccc3cc(-c4cnc(C5CCCN5C(=O)C(NC(=O)OC)C(C)OC)[nH]4)ccc3c2)c(C)[nH]1. The van der Waals surface area contributed by atoms with Crippen molar-refractivity contribution in [2.24, 2.45) is 5.92 Å². The minimum atomic E-state index is -0.903. The Morgan fingerprint density at radius 3 is 2.11 bits per heavy atom. The van der Waals surface area contributed by atoms with E-state index in [9.17, 15) is 19.2 Å². The number of carbonyl (C=O) groups excluding carboxylic acids is 4. The highest BCUT2D eigenvalue weighted by Crippen LogP contribution is 2.34. The maximum Gasteiger partial charge on any atom is 0.407 e. The summed E-state index contributed by atoms with van der Waals surface area (Å²) in [6, 6.07) is 10.1. The molecule has 15 nitrogen and oxygen atoms in total. The van der Waals surface area contributed by atoms with Crippen LogP contribution in [0.5, 0.6) is 0 Å². The fourth-order valence-electron chi connectivity index (χ4n) is 7.60. The average molecular weight is 781 g/mol. The van der Waals surface area contributed by atoms with E-state index in [-0.39, 0.29) is 29.8 Å². The number of fused-ring (bicyclic) bond motifs is 1. The van der Waals surface area contributed by atoms with E-state index in [4.69, 9.17) is 19.2 Å². The first-order chi connectivity index (χ1) is 27.5. The van der Waals surface area contributed by atoms with Crippen molar-refractivity contribution in [1.29, 1.82) is 0 Å². The average Bonchev–Trinajstić information content (AvgIpc) is 4.07. The molecule has 4 amide bonds. The number of H-pyrrole nitrogens is 2. The lowest BCUT2D eigenvalue weighted by Gasteiger charge is -2.30. The number of nitrogens with zero attached hydrogens (tertiary/aromatic N) is 4. The maximum atomic E-state index is 13.7. The molecule has 0 aliphatic carbocycles. The maximum absolute atomic E-state index is 13.7. The van der Waals surface area contributed by atoms with Crippen LogP contribution in [0.25, 0.3) is 22.0 Å². The van der Waals surface area contributed by atoms with Crippen LogP contribution < -0.4 is 10.6 Å². The zero-order chi connectivity index (χ0) is 40.8. The number of carbonyl (C=O) groups is 4. The molecule has 2 saturated heterocycles. The molecule has 6 atom stereocenters. The van der Waals surface area contributed by atoms with E-state index in [1.165, 1.54) is 21.3 Å². The van der Waals surface area contributed by atoms with Crippen LogP contribution >= 0.6 is 0 Å². The van der Waals surface area contributed by atoms with Gasteiger partial charge in [-0.25, -0.2) is 19.6 Å². The third-order valence-corrected chi connectivity index (χ3v) is 11.2. The van der Waals surface area contributed by atoms with Crippen LogP contribution in [0.15, 0.2) is 42.6 Å². The lowest BCUT2D eigenvalue weighted by molar-refractivity contribution is -0.137. The van der Waals surface area contributed by atoms with Crippen molar-refractivity contribution in [3.05, 3.63) is 71.2 Å². The molecular formula is C42H52N8O7. The zero-order valence-corrected chi connectivity index (χ0v) is 33.6. The summed E-state index contributed by atoms with van der Waals surface area (Å²) in [5.41, 5.74) is 4.04. The Bertz CT molecular complexity index is 2170. The van der Waals surface area contributed by atoms with Crippen molar-refractivity contribution in [3.8, 4) is 23.1 Å². The van der Waals surface area contributed by atoms with Crippen LogP contribution in [0, 0.1) is 24.7 Å². The molecular weight excluding hydrogens is 729 g/mol. The van der Waals surface area contributed by atoms with Gasteiger partial charge in [0.2, 0.25) is 11.8 Å². The minimum Gasteiger partial charge on any atom is -0.453 e. The summed E-state index contributed by atoms with van der Waals surface area (Å²) in [6.45, 7) is 8.70. The first-order valence-corrected chi connectivity index (χ1v) is 19.5. The van der Waals surface area contributed by atoms with E-state index in [0.29, 0.717) is 30.4 Å². The molecule has 2 aromatic heterocycles. The smallest absolute Gasteiger partial charge is 0.407 e. The predicted molar refractivity (Wildman–Crippen MR) is 213 cm³/mol. The molecule has 0 radical (unpaired) electrons. The summed E-state index contributed by atoms with van der Waals surface area (Å²) < 4.78 is 14.9. The number of hydrogen-bond donors (Lipinski definition) is 4. The standard InChI is InChI=1S/C42H52N8O7/c1-8-24(2)35(47-41(53)56-6)39(51)50-20-10-12-34(50)38-44-25(3)31(45-38)18-14-27-13-15-29-22-30(17-16-28(29)21-27)32-23-43-37(46-32)33-11-9-19-49(33)40(52)36(26(4)55-5)48-42(54)57-7/h13,15-17,21-24,26,33-36H,8-12,19-20H2,1-7H3,(H,43,46)(H,44,45)(H,47,53)(H,48,54). The van der Waals surface area contributed by atoms with E-state index in [1.54, 1.807) is 22.9 Å². The van der Waals surface area contributed by atoms with Gasteiger partial charge in [-0.1, -0.05) is 44.4 Å². The fraction of sp³-hybridized carbons (Fsp3) is 0.476. The van der Waals surface area contributed by atoms with E-state index in [2.05, 4.69) is 43.5 Å². The molecule has 4 heterocycles. The molecule has 0 bridgehead atoms. The monoisotopic (exact) mass is 780 g/mol. The topological polar surface area (TPSA) is 184 Å². The molecule has 4 aromatic rings. The van der Waals surface area contributed by atoms with Crippen molar-refractivity contribution in [3.63, 3.8) is 0 Å². The van der Waals surface area contributed by atoms with Gasteiger partial charge in [0.05, 0.1) is 44.3 Å². The number of aromatic nitrogens is 4. The second-order valence-corrected chi connectivity index (χ2v) is 14.7. The Kier molecular flexibility index (Phi) is 12.8. The van der Waals surface area contributed by atoms with Crippen molar-refractivity contribution in [2.45, 2.75) is 90.1 Å². The van der Waals surface area contributed by atoms with Crippen LogP contribution in [0.2, 0.25) is 0 Å². The quantitative estimate of drug-likeness (QED) is 0.142. The molecule has 4 N–H and O–H groups in total. The van der Waals surface area contributed by atoms with Gasteiger partial charge in [-0.15, -0.1) is 0 Å². The van der Waals surface area contributed by atoms with Gasteiger partial charge < -0.3 is 44.6 Å². The van der Waals surface area contributed by atoms with Gasteiger partial charge in [0.1, 0.15) is 29.4 Å². The van der Waals surface area contributed by atoms with Gasteiger partial charge in [0, 0.05) is 37.0 Å². The highest BCUT2D eigenvalue weighted by molar-refractivity contribution is 5.89. The van der Waals surface area contributed by atoms with Crippen LogP contribution in [-0.2, 0) is 23.8 Å². The number of ether oxygens (including phenoxy) is 3. The molecule has 302 valence electrons. The second-order valence-electron chi connectivity index (χ2n) is 14.7. The number of rotatable bonds is 11. The van der Waals surface area contributed by atoms with Crippen molar-refractivity contribution < 1.29 is 33.4 Å². The zero-order valence-electron chi connectivity index (χ0n) is 33.6. The van der Waals surface area contributed by atoms with E-state index in [1.807, 2.05) is 51.1 Å². The Labute approximate surface area is 332 Å². The van der Waals surface area contributed by atoms with Crippen molar-refractivity contribution in [2.75, 3.05) is 34.4 Å². The van der Waals surface area contributed by atoms with Gasteiger partial charge in [-0.2, -0.15) is 0 Å². The first kappa shape index (κ1) is 40.8. The van der Waals surface area contributed by atoms with E-state index in [0.717, 1.165) is 65.4 Å². The molecule has 2 aromatic carbocycles. The number of imidazole rings is 2. The molecule has 0 spiro atoms. The number of amides is 4. The Morgan fingerprint density at radius 2 is 1.46 bits per heavy atom. The first-order valence-electron chi connectivity index (χ1n) is 19.5. The summed E-state index contributed by atoms with van der Waals surface area (Å²) in [4.78, 5) is 71.3. The molecule has 2 fully saturated rings. The number of hydrogen-bond acceptors (Lipinski definition) is 9. The van der Waals surface area contributed by atoms with Gasteiger partial charge in [0.15, 0.2) is 0 Å². The van der Waals surface area contributed by atoms with Crippen LogP contribution in [0.3, 0.4) is 0 Å². The van der Waals surface area contributed by atoms with Gasteiger partial charge in [-0.05, 0) is 80.3 Å². The number of nitrogens with one attached hydrogen (secondary N) is 4. The van der Waals surface area contributed by atoms with Crippen LogP contribution in [0.1, 0.15) is 93.6 Å². The van der Waals surface area contributed by atoms with Crippen LogP contribution in [-0.4, -0.2) is 106 Å². The predicted octanol–water partition coefficient (Wildman–Crippen LogP) is 5.52. The fourth-order valence-corrected chi connectivity index (χ4v) is 7.60. The number of aryl methyl sites for hydroxylation is 1. The number of alkyl carbamates (subject to hydrolysis) is 2. The summed E-state index contributed by atoms with van der Waals surface area (Å²) >= 11 is 0. The van der Waals surface area contributed by atoms with E-state index < -0.39 is 30.4 Å². The van der Waals surface area contributed by atoms with Gasteiger partial charge >= 0.3 is 12.2 Å². The lowest BCUT2D eigenvalue weighted by atomic mass is 9.97. The normalized spacial score (nSPS) is 18.6. The summed E-state index contributed by atoms with van der Waals surface area (Å²) in [5, 5.41) is 7.40. The van der Waals surface area contributed by atoms with Crippen LogP contribution in [0.4, 0.5) is 9.59 Å². The summed E-state index contributed by atoms with van der Waals surface area (Å²) in [7, 11) is 4.04. The molecule has 57 heavy (non-hydrogen) atoms. The number of methoxy groups -OCH3 is 3. The molecule has 0 saturated carbocycles. The third-order valence-electron chi connectivity index (χ3n) is 11.2. The summed E-state index contributed by atoms with van der Waals surface area (Å²) in [5.74, 6) is 7.39. The minimum absolute atomic E-state index is 0.0692. The number of aromatic amines is 2. The second kappa shape index (κ2) is 17.9. The molecule has 2 aliphatic rings. The summed E-state index contributed by atoms with van der Waals surface area (Å²) in [6.07, 6.45) is 3.75. The van der Waals surface area contributed by atoms with Gasteiger partial charge in [0.25, 0.3) is 0 Å². The number of likely N-dealkylation sites (tertiary alicyclic amines) is 2. The molecule has 6 unspecified atom stereocenters. The number of benzene rings is 2. The Hall–Kier alpha value is -5.88. The lowest BCUT2D eigenvalue weighted by Crippen LogP contribution is -2.54. The highest BCUT2D eigenvalue weighted by Gasteiger charge is 2.40. The molecule has 15 heteroatoms.